The van der Waals surface area contributed by atoms with Crippen molar-refractivity contribution in [2.24, 2.45) is 5.92 Å². The van der Waals surface area contributed by atoms with Crippen molar-refractivity contribution in [1.82, 2.24) is 5.32 Å². The van der Waals surface area contributed by atoms with E-state index in [-0.39, 0.29) is 25.0 Å². The van der Waals surface area contributed by atoms with Gasteiger partial charge in [0, 0.05) is 6.04 Å². The third-order valence-electron chi connectivity index (χ3n) is 4.15. The van der Waals surface area contributed by atoms with E-state index in [4.69, 9.17) is 27.9 Å². The third kappa shape index (κ3) is 5.70. The van der Waals surface area contributed by atoms with Crippen molar-refractivity contribution in [3.8, 4) is 0 Å². The monoisotopic (exact) mass is 357 g/mol. The van der Waals surface area contributed by atoms with Crippen LogP contribution in [0.1, 0.15) is 38.2 Å². The van der Waals surface area contributed by atoms with Crippen molar-refractivity contribution in [2.45, 2.75) is 45.1 Å². The lowest BCUT2D eigenvalue weighted by Crippen LogP contribution is -2.42. The highest BCUT2D eigenvalue weighted by atomic mass is 35.5. The van der Waals surface area contributed by atoms with E-state index in [2.05, 4.69) is 12.2 Å². The fourth-order valence-corrected chi connectivity index (χ4v) is 3.11. The first kappa shape index (κ1) is 18.1. The van der Waals surface area contributed by atoms with Crippen LogP contribution in [0, 0.1) is 5.92 Å². The van der Waals surface area contributed by atoms with Crippen LogP contribution in [0.25, 0.3) is 0 Å². The van der Waals surface area contributed by atoms with E-state index < -0.39 is 5.97 Å². The minimum Gasteiger partial charge on any atom is -0.455 e. The van der Waals surface area contributed by atoms with E-state index in [0.29, 0.717) is 21.5 Å². The Morgan fingerprint density at radius 1 is 1.22 bits per heavy atom. The number of hydrogen-bond acceptors (Lipinski definition) is 3. The van der Waals surface area contributed by atoms with Gasteiger partial charge in [0.15, 0.2) is 6.61 Å². The Morgan fingerprint density at radius 3 is 2.65 bits per heavy atom. The lowest BCUT2D eigenvalue weighted by atomic mass is 9.86. The van der Waals surface area contributed by atoms with Crippen LogP contribution in [-0.2, 0) is 20.7 Å². The maximum atomic E-state index is 11.9. The molecule has 1 aliphatic carbocycles. The number of benzene rings is 1. The molecule has 2 rings (SSSR count). The molecule has 1 N–H and O–H groups in total. The average Bonchev–Trinajstić information content (AvgIpc) is 2.51. The highest BCUT2D eigenvalue weighted by Gasteiger charge is 2.23. The van der Waals surface area contributed by atoms with E-state index in [1.54, 1.807) is 18.2 Å². The Balaban J connectivity index is 1.75. The molecular formula is C17H21Cl2NO3. The highest BCUT2D eigenvalue weighted by Crippen LogP contribution is 2.24. The molecule has 23 heavy (non-hydrogen) atoms. The molecule has 2 atom stereocenters. The van der Waals surface area contributed by atoms with E-state index in [1.165, 1.54) is 6.42 Å². The van der Waals surface area contributed by atoms with Crippen molar-refractivity contribution >= 4 is 35.1 Å². The lowest BCUT2D eigenvalue weighted by molar-refractivity contribution is -0.148. The zero-order valence-corrected chi connectivity index (χ0v) is 14.6. The summed E-state index contributed by atoms with van der Waals surface area (Å²) in [7, 11) is 0. The molecule has 6 heteroatoms. The van der Waals surface area contributed by atoms with E-state index in [9.17, 15) is 9.59 Å². The van der Waals surface area contributed by atoms with Gasteiger partial charge in [-0.1, -0.05) is 49.0 Å². The molecule has 1 amide bonds. The van der Waals surface area contributed by atoms with Crippen LogP contribution in [0.4, 0.5) is 0 Å². The Kier molecular flexibility index (Phi) is 6.72. The first-order valence-corrected chi connectivity index (χ1v) is 8.60. The Hall–Kier alpha value is -1.26. The Morgan fingerprint density at radius 2 is 1.96 bits per heavy atom. The van der Waals surface area contributed by atoms with Gasteiger partial charge in [0.05, 0.1) is 16.5 Å². The lowest BCUT2D eigenvalue weighted by Gasteiger charge is -2.29. The summed E-state index contributed by atoms with van der Waals surface area (Å²) in [6, 6.07) is 5.14. The SMILES string of the molecule is C[C@H]1CCCC[C@H]1NC(=O)COC(=O)Cc1ccc(Cl)c(Cl)c1. The molecule has 4 nitrogen and oxygen atoms in total. The molecule has 1 fully saturated rings. The molecular weight excluding hydrogens is 337 g/mol. The smallest absolute Gasteiger partial charge is 0.310 e. The topological polar surface area (TPSA) is 55.4 Å². The molecule has 0 saturated heterocycles. The summed E-state index contributed by atoms with van der Waals surface area (Å²) in [5.41, 5.74) is 0.700. The third-order valence-corrected chi connectivity index (χ3v) is 4.89. The van der Waals surface area contributed by atoms with Gasteiger partial charge in [-0.15, -0.1) is 0 Å². The first-order valence-electron chi connectivity index (χ1n) is 7.84. The van der Waals surface area contributed by atoms with Crippen molar-refractivity contribution in [2.75, 3.05) is 6.61 Å². The number of ether oxygens (including phenoxy) is 1. The number of hydrogen-bond donors (Lipinski definition) is 1. The number of carbonyl (C=O) groups is 2. The van der Waals surface area contributed by atoms with Crippen molar-refractivity contribution in [3.05, 3.63) is 33.8 Å². The summed E-state index contributed by atoms with van der Waals surface area (Å²) in [4.78, 5) is 23.7. The number of carbonyl (C=O) groups excluding carboxylic acids is 2. The number of esters is 1. The fourth-order valence-electron chi connectivity index (χ4n) is 2.79. The minimum absolute atomic E-state index is 0.0595. The van der Waals surface area contributed by atoms with Crippen molar-refractivity contribution in [3.63, 3.8) is 0 Å². The molecule has 1 aromatic carbocycles. The molecule has 1 saturated carbocycles. The van der Waals surface area contributed by atoms with Crippen LogP contribution < -0.4 is 5.32 Å². The molecule has 0 aliphatic heterocycles. The first-order chi connectivity index (χ1) is 11.0. The molecule has 1 aromatic rings. The van der Waals surface area contributed by atoms with Gasteiger partial charge >= 0.3 is 5.97 Å². The van der Waals surface area contributed by atoms with Gasteiger partial charge in [0.25, 0.3) is 5.91 Å². The van der Waals surface area contributed by atoms with Gasteiger partial charge in [0.1, 0.15) is 0 Å². The van der Waals surface area contributed by atoms with Gasteiger partial charge in [-0.3, -0.25) is 9.59 Å². The fraction of sp³-hybridized carbons (Fsp3) is 0.529. The normalized spacial score (nSPS) is 20.8. The van der Waals surface area contributed by atoms with Crippen LogP contribution in [0.5, 0.6) is 0 Å². The molecule has 0 spiro atoms. The Labute approximate surface area is 146 Å². The molecule has 126 valence electrons. The second-order valence-electron chi connectivity index (χ2n) is 6.02. The number of halogens is 2. The zero-order valence-electron chi connectivity index (χ0n) is 13.1. The van der Waals surface area contributed by atoms with Gasteiger partial charge in [0.2, 0.25) is 0 Å². The van der Waals surface area contributed by atoms with E-state index in [1.807, 2.05) is 0 Å². The van der Waals surface area contributed by atoms with Crippen LogP contribution in [0.3, 0.4) is 0 Å². The predicted octanol–water partition coefficient (Wildman–Crippen LogP) is 3.77. The molecule has 0 unspecified atom stereocenters. The van der Waals surface area contributed by atoms with Crippen LogP contribution in [0.2, 0.25) is 10.0 Å². The van der Waals surface area contributed by atoms with Crippen LogP contribution in [-0.4, -0.2) is 24.5 Å². The van der Waals surface area contributed by atoms with Crippen LogP contribution >= 0.6 is 23.2 Å². The minimum atomic E-state index is -0.463. The second kappa shape index (κ2) is 8.55. The summed E-state index contributed by atoms with van der Waals surface area (Å²) < 4.78 is 5.03. The maximum Gasteiger partial charge on any atom is 0.310 e. The van der Waals surface area contributed by atoms with Gasteiger partial charge < -0.3 is 10.1 Å². The van der Waals surface area contributed by atoms with Gasteiger partial charge in [-0.05, 0) is 36.5 Å². The second-order valence-corrected chi connectivity index (χ2v) is 6.84. The quantitative estimate of drug-likeness (QED) is 0.815. The number of nitrogens with one attached hydrogen (secondary N) is 1. The van der Waals surface area contributed by atoms with Gasteiger partial charge in [-0.2, -0.15) is 0 Å². The average molecular weight is 358 g/mol. The summed E-state index contributed by atoms with van der Waals surface area (Å²) >= 11 is 11.7. The van der Waals surface area contributed by atoms with Crippen molar-refractivity contribution in [1.29, 1.82) is 0 Å². The molecule has 1 aliphatic rings. The van der Waals surface area contributed by atoms with E-state index >= 15 is 0 Å². The van der Waals surface area contributed by atoms with Crippen LogP contribution in [0.15, 0.2) is 18.2 Å². The number of rotatable bonds is 5. The summed E-state index contributed by atoms with van der Waals surface area (Å²) in [6.45, 7) is 1.89. The summed E-state index contributed by atoms with van der Waals surface area (Å²) in [5, 5.41) is 3.77. The summed E-state index contributed by atoms with van der Waals surface area (Å²) in [6.07, 6.45) is 4.52. The molecule has 0 radical (unpaired) electrons. The van der Waals surface area contributed by atoms with E-state index in [0.717, 1.165) is 19.3 Å². The predicted molar refractivity (Wildman–Crippen MR) is 90.7 cm³/mol. The highest BCUT2D eigenvalue weighted by molar-refractivity contribution is 6.42. The largest absolute Gasteiger partial charge is 0.455 e. The van der Waals surface area contributed by atoms with Crippen molar-refractivity contribution < 1.29 is 14.3 Å². The summed E-state index contributed by atoms with van der Waals surface area (Å²) in [5.74, 6) is -0.235. The maximum absolute atomic E-state index is 11.9. The number of amides is 1. The van der Waals surface area contributed by atoms with Gasteiger partial charge in [-0.25, -0.2) is 0 Å². The molecule has 0 bridgehead atoms. The molecule has 0 aromatic heterocycles. The Bertz CT molecular complexity index is 577. The standard InChI is InChI=1S/C17H21Cl2NO3/c1-11-4-2-3-5-15(11)20-16(21)10-23-17(22)9-12-6-7-13(18)14(19)8-12/h6-8,11,15H,2-5,9-10H2,1H3,(H,20,21)/t11-,15+/m0/s1. The molecule has 0 heterocycles. The zero-order chi connectivity index (χ0) is 16.8.